The van der Waals surface area contributed by atoms with E-state index < -0.39 is 93.6 Å². The molecule has 0 heterocycles. The summed E-state index contributed by atoms with van der Waals surface area (Å²) in [4.78, 5) is 20.9. The van der Waals surface area contributed by atoms with Gasteiger partial charge in [-0.25, -0.2) is 4.21 Å². The molecule has 36 heavy (non-hydrogen) atoms. The number of hydrogen-bond acceptors (Lipinski definition) is 11. The molecule has 3 rings (SSSR count). The highest BCUT2D eigenvalue weighted by atomic mass is 32.3. The first-order chi connectivity index (χ1) is 16.3. The number of aromatic hydroxyl groups is 1. The number of benzene rings is 1. The number of nitrogens with zero attached hydrogens (tertiary/aromatic N) is 2. The van der Waals surface area contributed by atoms with Crippen molar-refractivity contribution < 1.29 is 49.6 Å². The Hall–Kier alpha value is -3.63. The first kappa shape index (κ1) is 27.0. The molecule has 192 valence electrons. The first-order valence-electron chi connectivity index (χ1n) is 8.80. The second kappa shape index (κ2) is 8.79. The average molecular weight is 565 g/mol. The first-order valence-corrected chi connectivity index (χ1v) is 13.2. The zero-order valence-electron chi connectivity index (χ0n) is 17.0. The summed E-state index contributed by atoms with van der Waals surface area (Å²) in [6.07, 6.45) is 0. The summed E-state index contributed by atoms with van der Waals surface area (Å²) in [5, 5.41) is 29.5. The Balaban J connectivity index is 2.42. The molecule has 20 heteroatoms. The van der Waals surface area contributed by atoms with Crippen LogP contribution in [-0.2, 0) is 34.9 Å². The molecule has 0 radical (unpaired) electrons. The van der Waals surface area contributed by atoms with Crippen LogP contribution in [0.4, 0.5) is 11.4 Å². The monoisotopic (exact) mass is 565 g/mol. The van der Waals surface area contributed by atoms with Crippen LogP contribution in [0.3, 0.4) is 0 Å². The van der Waals surface area contributed by atoms with Gasteiger partial charge in [0.15, 0.2) is 0 Å². The minimum absolute atomic E-state index is 0.334. The van der Waals surface area contributed by atoms with Crippen molar-refractivity contribution in [3.05, 3.63) is 76.3 Å². The lowest BCUT2D eigenvalue weighted by atomic mass is 10.1. The van der Waals surface area contributed by atoms with Gasteiger partial charge in [0.25, 0.3) is 10.1 Å². The molecular formula is C16H13N4O13S3+. The van der Waals surface area contributed by atoms with Crippen LogP contribution < -0.4 is 21.6 Å². The van der Waals surface area contributed by atoms with E-state index in [9.17, 15) is 59.6 Å². The minimum Gasteiger partial charge on any atom is -0.501 e. The Bertz CT molecular complexity index is 1990. The highest BCUT2D eigenvalue weighted by Gasteiger charge is 2.32. The van der Waals surface area contributed by atoms with E-state index >= 15 is 0 Å². The number of nitrogens with one attached hydrogen (secondary N) is 2. The van der Waals surface area contributed by atoms with E-state index in [4.69, 9.17) is 5.41 Å². The van der Waals surface area contributed by atoms with Crippen molar-refractivity contribution in [2.75, 3.05) is 5.43 Å². The minimum atomic E-state index is -5.14. The molecule has 0 amide bonds. The molecule has 0 unspecified atom stereocenters. The van der Waals surface area contributed by atoms with Crippen LogP contribution in [0.2, 0.25) is 0 Å². The van der Waals surface area contributed by atoms with Gasteiger partial charge in [-0.1, -0.05) is 6.07 Å². The summed E-state index contributed by atoms with van der Waals surface area (Å²) >= 11 is 0. The van der Waals surface area contributed by atoms with E-state index in [0.717, 1.165) is 12.1 Å². The number of nitro benzene ring substituents is 1. The van der Waals surface area contributed by atoms with Crippen molar-refractivity contribution in [2.24, 2.45) is 5.10 Å². The predicted octanol–water partition coefficient (Wildman–Crippen LogP) is -0.518. The van der Waals surface area contributed by atoms with Crippen LogP contribution in [0.5, 0.6) is 5.75 Å². The second-order valence-corrected chi connectivity index (χ2v) is 11.2. The third kappa shape index (κ3) is 5.00. The average Bonchev–Trinajstić information content (AvgIpc) is 2.71. The van der Waals surface area contributed by atoms with Gasteiger partial charge in [0.1, 0.15) is 20.5 Å². The van der Waals surface area contributed by atoms with Gasteiger partial charge in [-0.3, -0.25) is 39.4 Å². The number of rotatable bonds is 5. The van der Waals surface area contributed by atoms with Crippen molar-refractivity contribution in [1.29, 1.82) is 5.41 Å². The van der Waals surface area contributed by atoms with Gasteiger partial charge in [-0.2, -0.15) is 22.6 Å². The molecule has 0 aliphatic heterocycles. The molecule has 0 spiro atoms. The maximum absolute atomic E-state index is 12.9. The van der Waals surface area contributed by atoms with Crippen molar-refractivity contribution in [3.8, 4) is 5.75 Å². The van der Waals surface area contributed by atoms with Crippen LogP contribution in [0.25, 0.3) is 0 Å². The van der Waals surface area contributed by atoms with Crippen molar-refractivity contribution in [3.63, 3.8) is 0 Å². The molecule has 17 nitrogen and oxygen atoms in total. The molecule has 1 aromatic rings. The highest BCUT2D eigenvalue weighted by molar-refractivity contribution is 7.92. The van der Waals surface area contributed by atoms with Gasteiger partial charge in [0.05, 0.1) is 21.6 Å². The van der Waals surface area contributed by atoms with Gasteiger partial charge < -0.3 is 5.11 Å². The van der Waals surface area contributed by atoms with Crippen LogP contribution in [0.15, 0.2) is 50.0 Å². The zero-order chi connectivity index (χ0) is 27.4. The normalized spacial score (nSPS) is 13.2. The smallest absolute Gasteiger partial charge is 0.386 e. The fraction of sp³-hybridized carbons (Fsp3) is 0. The molecule has 2 aliphatic carbocycles. The third-order valence-electron chi connectivity index (χ3n) is 4.59. The third-order valence-corrected chi connectivity index (χ3v) is 7.23. The van der Waals surface area contributed by atoms with Crippen molar-refractivity contribution in [2.45, 2.75) is 9.79 Å². The molecular weight excluding hydrogens is 552 g/mol. The molecule has 2 aliphatic rings. The Morgan fingerprint density at radius 2 is 1.69 bits per heavy atom. The predicted molar refractivity (Wildman–Crippen MR) is 118 cm³/mol. The van der Waals surface area contributed by atoms with Gasteiger partial charge in [-0.15, -0.1) is 0 Å². The molecule has 0 bridgehead atoms. The van der Waals surface area contributed by atoms with E-state index in [1.54, 1.807) is 0 Å². The van der Waals surface area contributed by atoms with Gasteiger partial charge in [-0.05, 0) is 16.3 Å². The van der Waals surface area contributed by atoms with Gasteiger partial charge in [0.2, 0.25) is 26.2 Å². The summed E-state index contributed by atoms with van der Waals surface area (Å²) in [6, 6.07) is 3.05. The Morgan fingerprint density at radius 3 is 2.19 bits per heavy atom. The zero-order valence-corrected chi connectivity index (χ0v) is 19.5. The van der Waals surface area contributed by atoms with E-state index in [-0.39, 0.29) is 0 Å². The molecule has 8 N–H and O–H groups in total. The molecule has 1 aromatic carbocycles. The fourth-order valence-corrected chi connectivity index (χ4v) is 4.99. The van der Waals surface area contributed by atoms with Crippen LogP contribution in [0.1, 0.15) is 0 Å². The van der Waals surface area contributed by atoms with E-state index in [2.05, 4.69) is 5.10 Å². The SMILES string of the molecule is N=c1c(=S(=O)(O)O)cc(S(=O)(=O)O)c2ccc(=NNc3cc([S+](=O)(O)O)cc([N+](=O)[O-])c3O)c(=O)c1=2. The van der Waals surface area contributed by atoms with Crippen LogP contribution in [0, 0.1) is 30.5 Å². The summed E-state index contributed by atoms with van der Waals surface area (Å²) in [7, 11) is -14.9. The number of anilines is 1. The van der Waals surface area contributed by atoms with E-state index in [0.29, 0.717) is 18.2 Å². The fourth-order valence-electron chi connectivity index (χ4n) is 3.02. The summed E-state index contributed by atoms with van der Waals surface area (Å²) in [5.74, 6) is -1.12. The van der Waals surface area contributed by atoms with Crippen molar-refractivity contribution in [1.82, 2.24) is 0 Å². The van der Waals surface area contributed by atoms with E-state index in [1.807, 2.05) is 5.43 Å². The van der Waals surface area contributed by atoms with Crippen LogP contribution in [-0.4, -0.2) is 45.4 Å². The number of nitro groups is 1. The number of phenolic OH excluding ortho intramolecular Hbond substituents is 1. The maximum Gasteiger partial charge on any atom is 0.386 e. The van der Waals surface area contributed by atoms with Gasteiger partial charge in [0, 0.05) is 11.3 Å². The Kier molecular flexibility index (Phi) is 6.58. The Labute approximate surface area is 199 Å². The molecule has 0 atom stereocenters. The lowest BCUT2D eigenvalue weighted by molar-refractivity contribution is -0.386. The Morgan fingerprint density at radius 1 is 1.08 bits per heavy atom. The van der Waals surface area contributed by atoms with Gasteiger partial charge >= 0.3 is 16.2 Å². The maximum atomic E-state index is 12.9. The molecule has 0 fully saturated rings. The lowest BCUT2D eigenvalue weighted by Crippen LogP contribution is -2.32. The summed E-state index contributed by atoms with van der Waals surface area (Å²) in [6.45, 7) is 0. The number of phenols is 1. The molecule has 0 aromatic heterocycles. The highest BCUT2D eigenvalue weighted by Crippen LogP contribution is 2.37. The van der Waals surface area contributed by atoms with Crippen LogP contribution >= 0.6 is 0 Å². The van der Waals surface area contributed by atoms with E-state index in [1.165, 1.54) is 0 Å². The standard InChI is InChI=1S/C16H12N4O13S3/c17-14-12(36(31,32)33)5-11(35(28,29)30)7-1-2-8(16(22)13(7)14)18-19-9-3-6(34(25,26)27)4-10(15(9)21)20(23)24/h1-5H,(H7-,17,18,19,21,22,25,26,27,28,29,30,31,32,33)/p+1. The topological polar surface area (TPSA) is 298 Å². The largest absolute Gasteiger partial charge is 0.501 e. The lowest BCUT2D eigenvalue weighted by Gasteiger charge is -2.06. The number of hydrogen-bond donors (Lipinski definition) is 8. The summed E-state index contributed by atoms with van der Waals surface area (Å²) < 4.78 is 92.3. The quantitative estimate of drug-likeness (QED) is 0.0482. The summed E-state index contributed by atoms with van der Waals surface area (Å²) in [5.41, 5.74) is -1.16. The second-order valence-electron chi connectivity index (χ2n) is 6.87. The van der Waals surface area contributed by atoms with Crippen molar-refractivity contribution >= 4 is 42.1 Å². The molecule has 0 saturated carbocycles. The molecule has 0 saturated heterocycles.